The third-order valence-electron chi connectivity index (χ3n) is 4.84. The minimum absolute atomic E-state index is 0.0242. The van der Waals surface area contributed by atoms with Gasteiger partial charge in [-0.25, -0.2) is 8.78 Å². The van der Waals surface area contributed by atoms with Gasteiger partial charge in [0.2, 0.25) is 0 Å². The molecule has 0 spiro atoms. The lowest BCUT2D eigenvalue weighted by Gasteiger charge is -2.16. The van der Waals surface area contributed by atoms with Crippen LogP contribution in [0.25, 0.3) is 0 Å². The molecule has 0 radical (unpaired) electrons. The van der Waals surface area contributed by atoms with E-state index >= 15 is 0 Å². The van der Waals surface area contributed by atoms with E-state index in [-0.39, 0.29) is 16.5 Å². The van der Waals surface area contributed by atoms with Crippen LogP contribution in [0.15, 0.2) is 12.1 Å². The fourth-order valence-electron chi connectivity index (χ4n) is 3.82. The predicted molar refractivity (Wildman–Crippen MR) is 79.4 cm³/mol. The van der Waals surface area contributed by atoms with Gasteiger partial charge in [-0.1, -0.05) is 18.5 Å². The van der Waals surface area contributed by atoms with E-state index in [4.69, 9.17) is 23.8 Å². The van der Waals surface area contributed by atoms with E-state index in [1.54, 1.807) is 0 Å². The molecule has 1 saturated carbocycles. The molecule has 6 heteroatoms. The molecule has 0 amide bonds. The molecule has 0 bridgehead atoms. The summed E-state index contributed by atoms with van der Waals surface area (Å²) in [6, 6.07) is 2.52. The molecule has 0 saturated heterocycles. The first-order valence-electron chi connectivity index (χ1n) is 6.95. The van der Waals surface area contributed by atoms with Crippen LogP contribution in [0.5, 0.6) is 0 Å². The maximum Gasteiger partial charge on any atom is 0.177 e. The third-order valence-corrected chi connectivity index (χ3v) is 5.46. The number of rotatable bonds is 2. The highest BCUT2D eigenvalue weighted by Crippen LogP contribution is 2.67. The fraction of sp³-hybridized carbons (Fsp3) is 0.400. The van der Waals surface area contributed by atoms with Crippen molar-refractivity contribution >= 4 is 23.8 Å². The SMILES string of the molecule is CCc1[nH]c(=S)n2c1[C@@H]1C[C@]1(c1c(F)ccc(Cl)c1F)C2. The van der Waals surface area contributed by atoms with E-state index in [9.17, 15) is 8.78 Å². The van der Waals surface area contributed by atoms with Crippen LogP contribution in [0.2, 0.25) is 5.02 Å². The number of fused-ring (bicyclic) bond motifs is 3. The molecule has 2 aliphatic rings. The van der Waals surface area contributed by atoms with E-state index in [1.807, 2.05) is 11.5 Å². The van der Waals surface area contributed by atoms with Gasteiger partial charge in [-0.3, -0.25) is 0 Å². The average Bonchev–Trinajstić information content (AvgIpc) is 2.93. The van der Waals surface area contributed by atoms with Crippen molar-refractivity contribution in [3.05, 3.63) is 50.5 Å². The van der Waals surface area contributed by atoms with Gasteiger partial charge in [0.15, 0.2) is 4.77 Å². The molecule has 110 valence electrons. The molecule has 1 N–H and O–H groups in total. The van der Waals surface area contributed by atoms with Gasteiger partial charge in [-0.05, 0) is 37.2 Å². The van der Waals surface area contributed by atoms with Crippen LogP contribution < -0.4 is 0 Å². The molecule has 1 fully saturated rings. The average molecular weight is 327 g/mol. The molecule has 1 aliphatic heterocycles. The highest BCUT2D eigenvalue weighted by atomic mass is 35.5. The number of aromatic amines is 1. The molecule has 1 aliphatic carbocycles. The number of aryl methyl sites for hydroxylation is 1. The normalized spacial score (nSPS) is 25.8. The summed E-state index contributed by atoms with van der Waals surface area (Å²) in [5.74, 6) is -1.01. The Morgan fingerprint density at radius 2 is 2.24 bits per heavy atom. The number of nitrogens with zero attached hydrogens (tertiary/aromatic N) is 1. The molecule has 21 heavy (non-hydrogen) atoms. The van der Waals surface area contributed by atoms with Crippen LogP contribution in [-0.2, 0) is 18.4 Å². The molecule has 1 aromatic carbocycles. The summed E-state index contributed by atoms with van der Waals surface area (Å²) in [7, 11) is 0. The Bertz CT molecular complexity index is 826. The summed E-state index contributed by atoms with van der Waals surface area (Å²) < 4.78 is 31.2. The number of halogens is 3. The monoisotopic (exact) mass is 326 g/mol. The molecular weight excluding hydrogens is 314 g/mol. The molecule has 2 nitrogen and oxygen atoms in total. The second kappa shape index (κ2) is 4.17. The van der Waals surface area contributed by atoms with Gasteiger partial charge in [-0.2, -0.15) is 0 Å². The molecule has 2 atom stereocenters. The standard InChI is InChI=1S/C15H13ClF2N2S/c1-2-10-13-7-5-15(7,6-20(13)14(21)19-10)11-9(17)4-3-8(16)12(11)18/h3-4,7H,2,5-6H2,1H3,(H,19,21)/t7-,15-/m0/s1. The Morgan fingerprint density at radius 3 is 2.95 bits per heavy atom. The van der Waals surface area contributed by atoms with Gasteiger partial charge in [0.1, 0.15) is 11.6 Å². The van der Waals surface area contributed by atoms with Gasteiger partial charge >= 0.3 is 0 Å². The van der Waals surface area contributed by atoms with Gasteiger partial charge in [0.05, 0.1) is 5.02 Å². The topological polar surface area (TPSA) is 20.7 Å². The second-order valence-corrected chi connectivity index (χ2v) is 6.66. The molecular formula is C15H13ClF2N2S. The Balaban J connectivity index is 1.89. The maximum absolute atomic E-state index is 14.4. The van der Waals surface area contributed by atoms with Crippen LogP contribution in [0, 0.1) is 16.4 Å². The lowest BCUT2D eigenvalue weighted by molar-refractivity contribution is 0.487. The molecule has 2 aromatic rings. The second-order valence-electron chi connectivity index (χ2n) is 5.86. The first-order valence-corrected chi connectivity index (χ1v) is 7.73. The van der Waals surface area contributed by atoms with Crippen molar-refractivity contribution in [3.8, 4) is 0 Å². The quantitative estimate of drug-likeness (QED) is 0.637. The van der Waals surface area contributed by atoms with Crippen LogP contribution in [-0.4, -0.2) is 9.55 Å². The largest absolute Gasteiger partial charge is 0.334 e. The highest BCUT2D eigenvalue weighted by molar-refractivity contribution is 7.71. The van der Waals surface area contributed by atoms with E-state index < -0.39 is 17.0 Å². The maximum atomic E-state index is 14.4. The van der Waals surface area contributed by atoms with Crippen molar-refractivity contribution in [2.75, 3.05) is 0 Å². The molecule has 0 unspecified atom stereocenters. The van der Waals surface area contributed by atoms with Crippen molar-refractivity contribution in [2.45, 2.75) is 37.6 Å². The van der Waals surface area contributed by atoms with Crippen molar-refractivity contribution in [1.82, 2.24) is 9.55 Å². The highest BCUT2D eigenvalue weighted by Gasteiger charge is 2.64. The van der Waals surface area contributed by atoms with Crippen LogP contribution in [0.4, 0.5) is 8.78 Å². The zero-order chi connectivity index (χ0) is 14.9. The zero-order valence-electron chi connectivity index (χ0n) is 11.3. The molecule has 2 heterocycles. The molecule has 1 aromatic heterocycles. The first kappa shape index (κ1) is 13.5. The number of aromatic nitrogens is 2. The number of hydrogen-bond donors (Lipinski definition) is 1. The summed E-state index contributed by atoms with van der Waals surface area (Å²) in [6.45, 7) is 2.57. The summed E-state index contributed by atoms with van der Waals surface area (Å²) in [6.07, 6.45) is 1.58. The minimum atomic E-state index is -0.627. The summed E-state index contributed by atoms with van der Waals surface area (Å²) in [5, 5.41) is -0.0242. The number of nitrogens with one attached hydrogen (secondary N) is 1. The first-order chi connectivity index (χ1) is 9.99. The third kappa shape index (κ3) is 1.59. The fourth-order valence-corrected chi connectivity index (χ4v) is 4.26. The van der Waals surface area contributed by atoms with Gasteiger partial charge in [-0.15, -0.1) is 0 Å². The number of benzene rings is 1. The minimum Gasteiger partial charge on any atom is -0.334 e. The number of hydrogen-bond acceptors (Lipinski definition) is 1. The van der Waals surface area contributed by atoms with E-state index in [2.05, 4.69) is 4.98 Å². The Kier molecular flexibility index (Phi) is 2.67. The smallest absolute Gasteiger partial charge is 0.177 e. The van der Waals surface area contributed by atoms with Gasteiger partial charge in [0, 0.05) is 34.8 Å². The summed E-state index contributed by atoms with van der Waals surface area (Å²) in [4.78, 5) is 3.20. The van der Waals surface area contributed by atoms with E-state index in [1.165, 1.54) is 12.1 Å². The summed E-state index contributed by atoms with van der Waals surface area (Å²) >= 11 is 11.2. The number of H-pyrrole nitrogens is 1. The Hall–Kier alpha value is -1.20. The Labute approximate surface area is 130 Å². The lowest BCUT2D eigenvalue weighted by Crippen LogP contribution is -2.17. The van der Waals surface area contributed by atoms with Gasteiger partial charge in [0.25, 0.3) is 0 Å². The van der Waals surface area contributed by atoms with Crippen LogP contribution >= 0.6 is 23.8 Å². The van der Waals surface area contributed by atoms with Gasteiger partial charge < -0.3 is 9.55 Å². The van der Waals surface area contributed by atoms with Crippen LogP contribution in [0.1, 0.15) is 36.2 Å². The zero-order valence-corrected chi connectivity index (χ0v) is 12.9. The molecule has 4 rings (SSSR count). The predicted octanol–water partition coefficient (Wildman–Crippen LogP) is 4.48. The number of imidazole rings is 1. The van der Waals surface area contributed by atoms with Crippen molar-refractivity contribution < 1.29 is 8.78 Å². The van der Waals surface area contributed by atoms with E-state index in [0.29, 0.717) is 11.3 Å². The Morgan fingerprint density at radius 1 is 1.48 bits per heavy atom. The van der Waals surface area contributed by atoms with Crippen molar-refractivity contribution in [1.29, 1.82) is 0 Å². The van der Waals surface area contributed by atoms with Crippen LogP contribution in [0.3, 0.4) is 0 Å². The summed E-state index contributed by atoms with van der Waals surface area (Å²) in [5.41, 5.74) is 1.80. The van der Waals surface area contributed by atoms with Crippen molar-refractivity contribution in [2.24, 2.45) is 0 Å². The van der Waals surface area contributed by atoms with E-state index in [0.717, 1.165) is 24.2 Å². The van der Waals surface area contributed by atoms with Crippen molar-refractivity contribution in [3.63, 3.8) is 0 Å². The lowest BCUT2D eigenvalue weighted by atomic mass is 9.93.